The van der Waals surface area contributed by atoms with Gasteiger partial charge in [0.2, 0.25) is 5.95 Å². The number of rotatable bonds is 1. The number of hydrogen-bond donors (Lipinski definition) is 0. The molecule has 92 valence electrons. The molecule has 0 atom stereocenters. The molecule has 3 nitrogen and oxygen atoms in total. The van der Waals surface area contributed by atoms with E-state index in [0.29, 0.717) is 5.56 Å². The smallest absolute Gasteiger partial charge is 0.255 e. The highest BCUT2D eigenvalue weighted by atomic mass is 19.1. The molecule has 1 amide bonds. The molecule has 0 spiro atoms. The second-order valence-electron chi connectivity index (χ2n) is 5.36. The van der Waals surface area contributed by atoms with E-state index in [1.807, 2.05) is 4.90 Å². The van der Waals surface area contributed by atoms with Gasteiger partial charge in [0.05, 0.1) is 5.56 Å². The van der Waals surface area contributed by atoms with Crippen LogP contribution in [0, 0.1) is 11.4 Å². The Morgan fingerprint density at radius 3 is 2.82 bits per heavy atom. The second kappa shape index (κ2) is 4.43. The first-order chi connectivity index (χ1) is 7.98. The minimum absolute atomic E-state index is 0.0507. The number of hydrogen-bond acceptors (Lipinski definition) is 2. The molecule has 1 aliphatic heterocycles. The van der Waals surface area contributed by atoms with E-state index >= 15 is 0 Å². The molecule has 0 saturated carbocycles. The number of carbonyl (C=O) groups is 1. The van der Waals surface area contributed by atoms with Gasteiger partial charge in [-0.15, -0.1) is 0 Å². The number of piperidine rings is 1. The van der Waals surface area contributed by atoms with Crippen LogP contribution in [0.5, 0.6) is 0 Å². The van der Waals surface area contributed by atoms with Gasteiger partial charge in [0.15, 0.2) is 0 Å². The Morgan fingerprint density at radius 2 is 2.24 bits per heavy atom. The third-order valence-corrected chi connectivity index (χ3v) is 3.16. The maximum Gasteiger partial charge on any atom is 0.255 e. The van der Waals surface area contributed by atoms with Crippen molar-refractivity contribution >= 4 is 5.91 Å². The molecule has 0 aromatic carbocycles. The van der Waals surface area contributed by atoms with Crippen molar-refractivity contribution in [3.05, 3.63) is 29.8 Å². The first-order valence-corrected chi connectivity index (χ1v) is 5.89. The quantitative estimate of drug-likeness (QED) is 0.702. The van der Waals surface area contributed by atoms with Gasteiger partial charge in [-0.25, -0.2) is 4.98 Å². The van der Waals surface area contributed by atoms with E-state index in [2.05, 4.69) is 18.8 Å². The number of pyridine rings is 1. The van der Waals surface area contributed by atoms with Crippen molar-refractivity contribution in [1.82, 2.24) is 9.88 Å². The van der Waals surface area contributed by atoms with E-state index in [1.54, 1.807) is 0 Å². The molecule has 1 aliphatic rings. The molecule has 0 bridgehead atoms. The molecule has 0 unspecified atom stereocenters. The Balaban J connectivity index is 2.12. The van der Waals surface area contributed by atoms with Crippen LogP contribution in [0.25, 0.3) is 0 Å². The molecule has 1 saturated heterocycles. The monoisotopic (exact) mass is 236 g/mol. The molecule has 2 heterocycles. The Bertz CT molecular complexity index is 414. The Kier molecular flexibility index (Phi) is 3.13. The van der Waals surface area contributed by atoms with Crippen molar-refractivity contribution in [2.75, 3.05) is 13.1 Å². The van der Waals surface area contributed by atoms with Gasteiger partial charge in [-0.3, -0.25) is 4.79 Å². The summed E-state index contributed by atoms with van der Waals surface area (Å²) in [4.78, 5) is 17.5. The van der Waals surface area contributed by atoms with Crippen molar-refractivity contribution in [3.63, 3.8) is 0 Å². The zero-order chi connectivity index (χ0) is 12.5. The predicted octanol–water partition coefficient (Wildman–Crippen LogP) is 2.48. The molecule has 2 rings (SSSR count). The van der Waals surface area contributed by atoms with E-state index in [9.17, 15) is 9.18 Å². The molecule has 0 aliphatic carbocycles. The SMILES string of the molecule is CC1(C)CCCN(C(=O)c2ccc(F)nc2)C1. The highest BCUT2D eigenvalue weighted by Crippen LogP contribution is 2.29. The minimum atomic E-state index is -0.555. The Labute approximate surface area is 101 Å². The highest BCUT2D eigenvalue weighted by molar-refractivity contribution is 5.93. The summed E-state index contributed by atoms with van der Waals surface area (Å²) < 4.78 is 12.7. The standard InChI is InChI=1S/C13H17FN2O/c1-13(2)6-3-7-16(9-13)12(17)10-4-5-11(14)15-8-10/h4-5,8H,3,6-7,9H2,1-2H3. The summed E-state index contributed by atoms with van der Waals surface area (Å²) in [5.74, 6) is -0.606. The van der Waals surface area contributed by atoms with Gasteiger partial charge in [0.1, 0.15) is 0 Å². The van der Waals surface area contributed by atoms with Crippen molar-refractivity contribution in [1.29, 1.82) is 0 Å². The summed E-state index contributed by atoms with van der Waals surface area (Å²) in [5, 5.41) is 0. The molecule has 0 radical (unpaired) electrons. The normalized spacial score (nSPS) is 19.1. The largest absolute Gasteiger partial charge is 0.338 e. The van der Waals surface area contributed by atoms with E-state index < -0.39 is 5.95 Å². The summed E-state index contributed by atoms with van der Waals surface area (Å²) in [6.45, 7) is 5.85. The number of halogens is 1. The Morgan fingerprint density at radius 1 is 1.47 bits per heavy atom. The van der Waals surface area contributed by atoms with Crippen LogP contribution in [0.3, 0.4) is 0 Å². The Hall–Kier alpha value is -1.45. The van der Waals surface area contributed by atoms with Gasteiger partial charge >= 0.3 is 0 Å². The third kappa shape index (κ3) is 2.81. The average Bonchev–Trinajstić information content (AvgIpc) is 2.28. The summed E-state index contributed by atoms with van der Waals surface area (Å²) in [5.41, 5.74) is 0.630. The number of nitrogens with zero attached hydrogens (tertiary/aromatic N) is 2. The van der Waals surface area contributed by atoms with Crippen LogP contribution in [0.2, 0.25) is 0 Å². The van der Waals surface area contributed by atoms with Gasteiger partial charge in [-0.1, -0.05) is 13.8 Å². The van der Waals surface area contributed by atoms with Crippen LogP contribution in [0.4, 0.5) is 4.39 Å². The number of likely N-dealkylation sites (tertiary alicyclic amines) is 1. The van der Waals surface area contributed by atoms with Crippen molar-refractivity contribution in [2.24, 2.45) is 5.41 Å². The molecule has 17 heavy (non-hydrogen) atoms. The van der Waals surface area contributed by atoms with Crippen LogP contribution in [-0.4, -0.2) is 28.9 Å². The number of carbonyl (C=O) groups excluding carboxylic acids is 1. The van der Waals surface area contributed by atoms with E-state index in [0.717, 1.165) is 25.9 Å². The van der Waals surface area contributed by atoms with Gasteiger partial charge in [0.25, 0.3) is 5.91 Å². The lowest BCUT2D eigenvalue weighted by Gasteiger charge is -2.38. The first kappa shape index (κ1) is 12.0. The molecule has 1 aromatic rings. The second-order valence-corrected chi connectivity index (χ2v) is 5.36. The zero-order valence-electron chi connectivity index (χ0n) is 10.2. The van der Waals surface area contributed by atoms with Crippen LogP contribution < -0.4 is 0 Å². The zero-order valence-corrected chi connectivity index (χ0v) is 10.2. The summed E-state index contributed by atoms with van der Waals surface area (Å²) in [6.07, 6.45) is 3.46. The molecule has 1 fully saturated rings. The molecule has 0 N–H and O–H groups in total. The fraction of sp³-hybridized carbons (Fsp3) is 0.538. The number of aromatic nitrogens is 1. The molecule has 1 aromatic heterocycles. The van der Waals surface area contributed by atoms with E-state index in [-0.39, 0.29) is 11.3 Å². The number of amides is 1. The van der Waals surface area contributed by atoms with Crippen LogP contribution in [0.15, 0.2) is 18.3 Å². The summed E-state index contributed by atoms with van der Waals surface area (Å²) in [6, 6.07) is 2.72. The van der Waals surface area contributed by atoms with Crippen LogP contribution >= 0.6 is 0 Å². The maximum absolute atomic E-state index is 12.7. The summed E-state index contributed by atoms with van der Waals surface area (Å²) >= 11 is 0. The van der Waals surface area contributed by atoms with Gasteiger partial charge in [0, 0.05) is 19.3 Å². The van der Waals surface area contributed by atoms with Gasteiger partial charge in [-0.2, -0.15) is 4.39 Å². The predicted molar refractivity (Wildman–Crippen MR) is 63.1 cm³/mol. The fourth-order valence-corrected chi connectivity index (χ4v) is 2.28. The van der Waals surface area contributed by atoms with Crippen molar-refractivity contribution in [2.45, 2.75) is 26.7 Å². The molecule has 4 heteroatoms. The lowest BCUT2D eigenvalue weighted by atomic mass is 9.84. The lowest BCUT2D eigenvalue weighted by molar-refractivity contribution is 0.0583. The summed E-state index contributed by atoms with van der Waals surface area (Å²) in [7, 11) is 0. The van der Waals surface area contributed by atoms with E-state index in [1.165, 1.54) is 18.3 Å². The fourth-order valence-electron chi connectivity index (χ4n) is 2.28. The lowest BCUT2D eigenvalue weighted by Crippen LogP contribution is -2.43. The van der Waals surface area contributed by atoms with Gasteiger partial charge in [-0.05, 0) is 30.4 Å². The van der Waals surface area contributed by atoms with Crippen molar-refractivity contribution in [3.8, 4) is 0 Å². The third-order valence-electron chi connectivity index (χ3n) is 3.16. The molecular formula is C13H17FN2O. The molecular weight excluding hydrogens is 219 g/mol. The maximum atomic E-state index is 12.7. The topological polar surface area (TPSA) is 33.2 Å². The van der Waals surface area contributed by atoms with E-state index in [4.69, 9.17) is 0 Å². The van der Waals surface area contributed by atoms with Gasteiger partial charge < -0.3 is 4.90 Å². The van der Waals surface area contributed by atoms with Crippen LogP contribution in [0.1, 0.15) is 37.0 Å². The van der Waals surface area contributed by atoms with Crippen LogP contribution in [-0.2, 0) is 0 Å². The first-order valence-electron chi connectivity index (χ1n) is 5.89. The average molecular weight is 236 g/mol. The minimum Gasteiger partial charge on any atom is -0.338 e. The van der Waals surface area contributed by atoms with Crippen molar-refractivity contribution < 1.29 is 9.18 Å². The highest BCUT2D eigenvalue weighted by Gasteiger charge is 2.29.